The highest BCUT2D eigenvalue weighted by atomic mass is 16.2. The molecule has 1 aliphatic heterocycles. The maximum absolute atomic E-state index is 12.5. The van der Waals surface area contributed by atoms with E-state index in [2.05, 4.69) is 20.5 Å². The number of nitrogens with one attached hydrogen (secondary N) is 2. The molecule has 4 rings (SSSR count). The summed E-state index contributed by atoms with van der Waals surface area (Å²) in [7, 11) is 0. The molecular formula is C17H15N5O2. The molecule has 0 bridgehead atoms. The topological polar surface area (TPSA) is 91.0 Å². The Morgan fingerprint density at radius 1 is 1.29 bits per heavy atom. The van der Waals surface area contributed by atoms with Crippen LogP contribution in [-0.2, 0) is 9.59 Å². The number of anilines is 2. The van der Waals surface area contributed by atoms with Crippen LogP contribution in [0.5, 0.6) is 0 Å². The summed E-state index contributed by atoms with van der Waals surface area (Å²) in [6.07, 6.45) is 5.21. The number of aromatic nitrogens is 3. The SMILES string of the molecule is O=C(Nc1ccc2cn[nH]c2c1)C1CC(=O)N(c2cccnc2)C1. The summed E-state index contributed by atoms with van der Waals surface area (Å²) < 4.78 is 0. The zero-order valence-corrected chi connectivity index (χ0v) is 12.8. The maximum atomic E-state index is 12.5. The van der Waals surface area contributed by atoms with Gasteiger partial charge in [-0.15, -0.1) is 0 Å². The van der Waals surface area contributed by atoms with E-state index >= 15 is 0 Å². The quantitative estimate of drug-likeness (QED) is 0.771. The van der Waals surface area contributed by atoms with Crippen LogP contribution in [0.1, 0.15) is 6.42 Å². The van der Waals surface area contributed by atoms with E-state index in [9.17, 15) is 9.59 Å². The van der Waals surface area contributed by atoms with Gasteiger partial charge in [-0.1, -0.05) is 0 Å². The van der Waals surface area contributed by atoms with Crippen LogP contribution in [0.3, 0.4) is 0 Å². The third kappa shape index (κ3) is 2.60. The number of pyridine rings is 1. The Kier molecular flexibility index (Phi) is 3.45. The number of hydrogen-bond donors (Lipinski definition) is 2. The van der Waals surface area contributed by atoms with E-state index in [0.717, 1.165) is 16.6 Å². The lowest BCUT2D eigenvalue weighted by Crippen LogP contribution is -2.28. The van der Waals surface area contributed by atoms with Crippen molar-refractivity contribution < 1.29 is 9.59 Å². The number of nitrogens with zero attached hydrogens (tertiary/aromatic N) is 3. The maximum Gasteiger partial charge on any atom is 0.229 e. The van der Waals surface area contributed by atoms with Gasteiger partial charge in [0.2, 0.25) is 11.8 Å². The van der Waals surface area contributed by atoms with E-state index in [1.54, 1.807) is 29.6 Å². The molecule has 3 aromatic rings. The van der Waals surface area contributed by atoms with Gasteiger partial charge in [-0.2, -0.15) is 5.10 Å². The summed E-state index contributed by atoms with van der Waals surface area (Å²) in [6, 6.07) is 9.13. The first-order valence-corrected chi connectivity index (χ1v) is 7.65. The van der Waals surface area contributed by atoms with Crippen molar-refractivity contribution in [2.45, 2.75) is 6.42 Å². The molecular weight excluding hydrogens is 306 g/mol. The fourth-order valence-electron chi connectivity index (χ4n) is 2.91. The first-order valence-electron chi connectivity index (χ1n) is 7.65. The Morgan fingerprint density at radius 2 is 2.21 bits per heavy atom. The second-order valence-corrected chi connectivity index (χ2v) is 5.78. The lowest BCUT2D eigenvalue weighted by molar-refractivity contribution is -0.122. The Morgan fingerprint density at radius 3 is 3.04 bits per heavy atom. The number of benzene rings is 1. The minimum atomic E-state index is -0.379. The number of amides is 2. The van der Waals surface area contributed by atoms with E-state index in [1.807, 2.05) is 24.3 Å². The lowest BCUT2D eigenvalue weighted by Gasteiger charge is -2.16. The molecule has 24 heavy (non-hydrogen) atoms. The van der Waals surface area contributed by atoms with Gasteiger partial charge in [0.05, 0.1) is 29.5 Å². The number of carbonyl (C=O) groups excluding carboxylic acids is 2. The minimum Gasteiger partial charge on any atom is -0.326 e. The molecule has 7 nitrogen and oxygen atoms in total. The number of fused-ring (bicyclic) bond motifs is 1. The molecule has 1 fully saturated rings. The van der Waals surface area contributed by atoms with Gasteiger partial charge in [0.25, 0.3) is 0 Å². The highest BCUT2D eigenvalue weighted by Gasteiger charge is 2.35. The molecule has 1 unspecified atom stereocenters. The van der Waals surface area contributed by atoms with Crippen molar-refractivity contribution in [3.8, 4) is 0 Å². The fourth-order valence-corrected chi connectivity index (χ4v) is 2.91. The van der Waals surface area contributed by atoms with Crippen molar-refractivity contribution in [2.24, 2.45) is 5.92 Å². The molecule has 2 N–H and O–H groups in total. The Balaban J connectivity index is 1.48. The number of hydrogen-bond acceptors (Lipinski definition) is 4. The summed E-state index contributed by atoms with van der Waals surface area (Å²) in [5.41, 5.74) is 2.26. The Hall–Kier alpha value is -3.22. The summed E-state index contributed by atoms with van der Waals surface area (Å²) in [4.78, 5) is 30.3. The predicted octanol–water partition coefficient (Wildman–Crippen LogP) is 1.95. The zero-order valence-electron chi connectivity index (χ0n) is 12.8. The average Bonchev–Trinajstić information content (AvgIpc) is 3.21. The minimum absolute atomic E-state index is 0.0628. The smallest absolute Gasteiger partial charge is 0.229 e. The molecule has 3 heterocycles. The van der Waals surface area contributed by atoms with Crippen molar-refractivity contribution in [2.75, 3.05) is 16.8 Å². The molecule has 1 atom stereocenters. The zero-order chi connectivity index (χ0) is 16.5. The highest BCUT2D eigenvalue weighted by Crippen LogP contribution is 2.25. The van der Waals surface area contributed by atoms with Gasteiger partial charge in [0.15, 0.2) is 0 Å². The van der Waals surface area contributed by atoms with Crippen LogP contribution in [0.25, 0.3) is 10.9 Å². The average molecular weight is 321 g/mol. The predicted molar refractivity (Wildman–Crippen MR) is 89.4 cm³/mol. The normalized spacial score (nSPS) is 17.4. The summed E-state index contributed by atoms with van der Waals surface area (Å²) in [6.45, 7) is 0.364. The molecule has 0 saturated carbocycles. The van der Waals surface area contributed by atoms with Crippen molar-refractivity contribution in [3.05, 3.63) is 48.9 Å². The van der Waals surface area contributed by atoms with Gasteiger partial charge in [-0.05, 0) is 30.3 Å². The van der Waals surface area contributed by atoms with Crippen LogP contribution in [0.4, 0.5) is 11.4 Å². The van der Waals surface area contributed by atoms with E-state index in [1.165, 1.54) is 0 Å². The molecule has 0 radical (unpaired) electrons. The summed E-state index contributed by atoms with van der Waals surface area (Å²) in [5.74, 6) is -0.601. The van der Waals surface area contributed by atoms with Crippen LogP contribution in [0, 0.1) is 5.92 Å². The van der Waals surface area contributed by atoms with Gasteiger partial charge in [0.1, 0.15) is 0 Å². The molecule has 2 aromatic heterocycles. The van der Waals surface area contributed by atoms with Crippen molar-refractivity contribution >= 4 is 34.1 Å². The largest absolute Gasteiger partial charge is 0.326 e. The first kappa shape index (κ1) is 14.4. The van der Waals surface area contributed by atoms with Crippen LogP contribution in [0.2, 0.25) is 0 Å². The molecule has 1 aliphatic rings. The highest BCUT2D eigenvalue weighted by molar-refractivity contribution is 6.03. The summed E-state index contributed by atoms with van der Waals surface area (Å²) in [5, 5.41) is 10.7. The molecule has 1 saturated heterocycles. The molecule has 7 heteroatoms. The number of H-pyrrole nitrogens is 1. The second kappa shape index (κ2) is 5.77. The van der Waals surface area contributed by atoms with E-state index in [-0.39, 0.29) is 24.2 Å². The fraction of sp³-hybridized carbons (Fsp3) is 0.176. The lowest BCUT2D eigenvalue weighted by atomic mass is 10.1. The number of aromatic amines is 1. The van der Waals surface area contributed by atoms with E-state index < -0.39 is 0 Å². The Labute approximate surface area is 137 Å². The monoisotopic (exact) mass is 321 g/mol. The van der Waals surface area contributed by atoms with E-state index in [0.29, 0.717) is 12.2 Å². The summed E-state index contributed by atoms with van der Waals surface area (Å²) >= 11 is 0. The van der Waals surface area contributed by atoms with Crippen LogP contribution < -0.4 is 10.2 Å². The first-order chi connectivity index (χ1) is 11.7. The van der Waals surface area contributed by atoms with Gasteiger partial charge in [-0.3, -0.25) is 19.7 Å². The third-order valence-corrected chi connectivity index (χ3v) is 4.16. The van der Waals surface area contributed by atoms with Gasteiger partial charge >= 0.3 is 0 Å². The Bertz CT molecular complexity index is 905. The second-order valence-electron chi connectivity index (χ2n) is 5.78. The van der Waals surface area contributed by atoms with Gasteiger partial charge in [0, 0.05) is 30.2 Å². The molecule has 0 aliphatic carbocycles. The van der Waals surface area contributed by atoms with E-state index in [4.69, 9.17) is 0 Å². The van der Waals surface area contributed by atoms with Crippen LogP contribution in [-0.4, -0.2) is 33.5 Å². The van der Waals surface area contributed by atoms with Crippen molar-refractivity contribution in [1.82, 2.24) is 15.2 Å². The molecule has 1 aromatic carbocycles. The van der Waals surface area contributed by atoms with Crippen molar-refractivity contribution in [1.29, 1.82) is 0 Å². The van der Waals surface area contributed by atoms with Crippen LogP contribution in [0.15, 0.2) is 48.9 Å². The van der Waals surface area contributed by atoms with Crippen LogP contribution >= 0.6 is 0 Å². The molecule has 2 amide bonds. The number of carbonyl (C=O) groups is 2. The molecule has 0 spiro atoms. The van der Waals surface area contributed by atoms with Gasteiger partial charge < -0.3 is 10.2 Å². The standard InChI is InChI=1S/C17H15N5O2/c23-16-6-12(10-22(16)14-2-1-5-18-9-14)17(24)20-13-4-3-11-8-19-21-15(11)7-13/h1-5,7-9,12H,6,10H2,(H,19,21)(H,20,24). The van der Waals surface area contributed by atoms with Gasteiger partial charge in [-0.25, -0.2) is 0 Å². The van der Waals surface area contributed by atoms with Crippen molar-refractivity contribution in [3.63, 3.8) is 0 Å². The third-order valence-electron chi connectivity index (χ3n) is 4.16. The molecule has 120 valence electrons. The number of rotatable bonds is 3.